The number of aromatic nitrogens is 2. The molecule has 4 nitrogen and oxygen atoms in total. The molecule has 1 aromatic rings. The summed E-state index contributed by atoms with van der Waals surface area (Å²) < 4.78 is 0. The summed E-state index contributed by atoms with van der Waals surface area (Å²) in [5.41, 5.74) is -0.169. The van der Waals surface area contributed by atoms with Crippen molar-refractivity contribution in [3.63, 3.8) is 0 Å². The molecule has 2 N–H and O–H groups in total. The molecule has 1 unspecified atom stereocenters. The molecule has 0 aromatic carbocycles. The van der Waals surface area contributed by atoms with Gasteiger partial charge in [-0.2, -0.15) is 0 Å². The van der Waals surface area contributed by atoms with Gasteiger partial charge in [0.2, 0.25) is 0 Å². The van der Waals surface area contributed by atoms with E-state index in [1.165, 1.54) is 0 Å². The van der Waals surface area contributed by atoms with Crippen molar-refractivity contribution in [2.75, 3.05) is 19.4 Å². The molecule has 0 saturated heterocycles. The maximum atomic E-state index is 9.21. The van der Waals surface area contributed by atoms with Crippen LogP contribution in [-0.4, -0.2) is 40.0 Å². The fraction of sp³-hybridized carbons (Fsp3) is 0.636. The lowest BCUT2D eigenvalue weighted by atomic mass is 9.98. The number of hydrogen-bond donors (Lipinski definition) is 2. The van der Waals surface area contributed by atoms with Gasteiger partial charge >= 0.3 is 0 Å². The van der Waals surface area contributed by atoms with Crippen LogP contribution in [0.5, 0.6) is 0 Å². The molecule has 0 aliphatic carbocycles. The van der Waals surface area contributed by atoms with E-state index in [4.69, 9.17) is 0 Å². The number of aliphatic hydroxyl groups excluding tert-OH is 1. The van der Waals surface area contributed by atoms with Crippen molar-refractivity contribution in [1.29, 1.82) is 0 Å². The van der Waals surface area contributed by atoms with E-state index in [-0.39, 0.29) is 12.1 Å². The van der Waals surface area contributed by atoms with Gasteiger partial charge in [-0.1, -0.05) is 11.8 Å². The van der Waals surface area contributed by atoms with E-state index in [1.54, 1.807) is 24.2 Å². The summed E-state index contributed by atoms with van der Waals surface area (Å²) in [6.45, 7) is 2.19. The third kappa shape index (κ3) is 4.47. The smallest absolute Gasteiger partial charge is 0.187 e. The minimum absolute atomic E-state index is 0.163. The van der Waals surface area contributed by atoms with E-state index in [0.717, 1.165) is 23.8 Å². The van der Waals surface area contributed by atoms with E-state index in [1.807, 2.05) is 20.0 Å². The number of nitrogens with zero attached hydrogens (tertiary/aromatic N) is 2. The van der Waals surface area contributed by atoms with Crippen LogP contribution in [0.2, 0.25) is 0 Å². The minimum atomic E-state index is -0.169. The summed E-state index contributed by atoms with van der Waals surface area (Å²) in [5.74, 6) is 0.973. The Balaban J connectivity index is 2.22. The van der Waals surface area contributed by atoms with Gasteiger partial charge < -0.3 is 10.4 Å². The normalized spacial score (nSPS) is 14.7. The Hall–Kier alpha value is -0.650. The van der Waals surface area contributed by atoms with Gasteiger partial charge in [0.25, 0.3) is 0 Å². The Kier molecular flexibility index (Phi) is 5.73. The summed E-state index contributed by atoms with van der Waals surface area (Å²) in [7, 11) is 1.88. The molecule has 1 atom stereocenters. The van der Waals surface area contributed by atoms with Crippen LogP contribution in [0.3, 0.4) is 0 Å². The van der Waals surface area contributed by atoms with Crippen molar-refractivity contribution in [3.05, 3.63) is 18.5 Å². The first kappa shape index (κ1) is 13.4. The highest BCUT2D eigenvalue weighted by molar-refractivity contribution is 7.99. The lowest BCUT2D eigenvalue weighted by Crippen LogP contribution is -2.43. The van der Waals surface area contributed by atoms with Gasteiger partial charge in [-0.05, 0) is 32.9 Å². The zero-order valence-corrected chi connectivity index (χ0v) is 10.6. The molecule has 16 heavy (non-hydrogen) atoms. The van der Waals surface area contributed by atoms with Crippen LogP contribution in [-0.2, 0) is 0 Å². The second kappa shape index (κ2) is 6.83. The fourth-order valence-electron chi connectivity index (χ4n) is 1.27. The second-order valence-corrected chi connectivity index (χ2v) is 5.01. The highest BCUT2D eigenvalue weighted by atomic mass is 32.2. The molecule has 0 spiro atoms. The first-order valence-corrected chi connectivity index (χ1v) is 6.38. The predicted molar refractivity (Wildman–Crippen MR) is 66.5 cm³/mol. The van der Waals surface area contributed by atoms with Gasteiger partial charge in [-0.3, -0.25) is 0 Å². The van der Waals surface area contributed by atoms with Crippen molar-refractivity contribution >= 4 is 11.8 Å². The van der Waals surface area contributed by atoms with Gasteiger partial charge in [-0.15, -0.1) is 0 Å². The van der Waals surface area contributed by atoms with E-state index in [9.17, 15) is 5.11 Å². The monoisotopic (exact) mass is 241 g/mol. The molecule has 0 aliphatic rings. The summed E-state index contributed by atoms with van der Waals surface area (Å²) in [4.78, 5) is 8.28. The van der Waals surface area contributed by atoms with Crippen LogP contribution in [0.15, 0.2) is 23.6 Å². The number of rotatable bonds is 7. The number of likely N-dealkylation sites (N-methyl/N-ethyl adjacent to an activating group) is 1. The van der Waals surface area contributed by atoms with Crippen LogP contribution in [0.25, 0.3) is 0 Å². The number of thioether (sulfide) groups is 1. The highest BCUT2D eigenvalue weighted by Gasteiger charge is 2.19. The van der Waals surface area contributed by atoms with Gasteiger partial charge in [0.05, 0.1) is 6.61 Å². The lowest BCUT2D eigenvalue weighted by Gasteiger charge is -2.26. The van der Waals surface area contributed by atoms with Gasteiger partial charge in [0.15, 0.2) is 5.16 Å². The number of aliphatic hydroxyl groups is 1. The maximum Gasteiger partial charge on any atom is 0.187 e. The standard InChI is InChI=1S/C11H19N3OS/c1-11(9-15,12-2)5-3-8-16-10-13-6-4-7-14-10/h4,6-7,12,15H,3,5,8-9H2,1-2H3. The Morgan fingerprint density at radius 3 is 2.69 bits per heavy atom. The zero-order valence-electron chi connectivity index (χ0n) is 9.81. The lowest BCUT2D eigenvalue weighted by molar-refractivity contribution is 0.173. The topological polar surface area (TPSA) is 58.0 Å². The van der Waals surface area contributed by atoms with Crippen molar-refractivity contribution in [3.8, 4) is 0 Å². The molecule has 0 aliphatic heterocycles. The average Bonchev–Trinajstić information content (AvgIpc) is 2.36. The van der Waals surface area contributed by atoms with E-state index in [2.05, 4.69) is 15.3 Å². The largest absolute Gasteiger partial charge is 0.394 e. The molecular weight excluding hydrogens is 222 g/mol. The van der Waals surface area contributed by atoms with E-state index < -0.39 is 0 Å². The fourth-order valence-corrected chi connectivity index (χ4v) is 2.01. The number of hydrogen-bond acceptors (Lipinski definition) is 5. The predicted octanol–water partition coefficient (Wildman–Crippen LogP) is 1.32. The molecule has 0 bridgehead atoms. The molecule has 1 rings (SSSR count). The third-order valence-corrected chi connectivity index (χ3v) is 3.56. The molecule has 0 radical (unpaired) electrons. The molecular formula is C11H19N3OS. The molecule has 1 aromatic heterocycles. The average molecular weight is 241 g/mol. The summed E-state index contributed by atoms with van der Waals surface area (Å²) >= 11 is 1.65. The van der Waals surface area contributed by atoms with Crippen molar-refractivity contribution in [1.82, 2.24) is 15.3 Å². The summed E-state index contributed by atoms with van der Waals surface area (Å²) in [6.07, 6.45) is 5.47. The van der Waals surface area contributed by atoms with Crippen molar-refractivity contribution in [2.45, 2.75) is 30.5 Å². The molecule has 0 amide bonds. The van der Waals surface area contributed by atoms with Crippen LogP contribution in [0.1, 0.15) is 19.8 Å². The second-order valence-electron chi connectivity index (χ2n) is 3.95. The Bertz CT molecular complexity index is 291. The van der Waals surface area contributed by atoms with Gasteiger partial charge in [0.1, 0.15) is 0 Å². The van der Waals surface area contributed by atoms with E-state index >= 15 is 0 Å². The van der Waals surface area contributed by atoms with Crippen LogP contribution in [0.4, 0.5) is 0 Å². The first-order valence-electron chi connectivity index (χ1n) is 5.40. The van der Waals surface area contributed by atoms with Crippen LogP contribution < -0.4 is 5.32 Å². The Morgan fingerprint density at radius 2 is 2.12 bits per heavy atom. The SMILES string of the molecule is CNC(C)(CO)CCCSc1ncccn1. The Labute approximate surface area is 101 Å². The van der Waals surface area contributed by atoms with Crippen LogP contribution in [0, 0.1) is 0 Å². The van der Waals surface area contributed by atoms with Gasteiger partial charge in [-0.25, -0.2) is 9.97 Å². The first-order chi connectivity index (χ1) is 7.70. The van der Waals surface area contributed by atoms with Gasteiger partial charge in [0, 0.05) is 23.7 Å². The maximum absolute atomic E-state index is 9.21. The Morgan fingerprint density at radius 1 is 1.44 bits per heavy atom. The molecule has 0 saturated carbocycles. The molecule has 0 fully saturated rings. The highest BCUT2D eigenvalue weighted by Crippen LogP contribution is 2.17. The van der Waals surface area contributed by atoms with E-state index in [0.29, 0.717) is 0 Å². The minimum Gasteiger partial charge on any atom is -0.394 e. The quantitative estimate of drug-likeness (QED) is 0.428. The van der Waals surface area contributed by atoms with Crippen LogP contribution >= 0.6 is 11.8 Å². The van der Waals surface area contributed by atoms with Crippen molar-refractivity contribution in [2.24, 2.45) is 0 Å². The third-order valence-electron chi connectivity index (χ3n) is 2.60. The summed E-state index contributed by atoms with van der Waals surface area (Å²) in [6, 6.07) is 1.81. The summed E-state index contributed by atoms with van der Waals surface area (Å²) in [5, 5.41) is 13.2. The molecule has 5 heteroatoms. The molecule has 1 heterocycles. The van der Waals surface area contributed by atoms with Crippen molar-refractivity contribution < 1.29 is 5.11 Å². The zero-order chi connectivity index (χ0) is 11.9. The molecule has 90 valence electrons. The number of nitrogens with one attached hydrogen (secondary N) is 1.